The van der Waals surface area contributed by atoms with Gasteiger partial charge in [0, 0.05) is 12.1 Å². The molecule has 2 aromatic carbocycles. The minimum Gasteiger partial charge on any atom is -0.454 e. The second-order valence-electron chi connectivity index (χ2n) is 3.91. The molecule has 0 radical (unpaired) electrons. The maximum atomic E-state index is 5.33. The third-order valence-corrected chi connectivity index (χ3v) is 2.83. The van der Waals surface area contributed by atoms with Crippen molar-refractivity contribution in [1.29, 1.82) is 0 Å². The summed E-state index contributed by atoms with van der Waals surface area (Å²) in [5.41, 5.74) is 3.43. The first kappa shape index (κ1) is 8.75. The fourth-order valence-electron chi connectivity index (χ4n) is 2.01. The molecule has 82 valence electrons. The quantitative estimate of drug-likeness (QED) is 0.550. The van der Waals surface area contributed by atoms with Crippen molar-refractivity contribution in [2.45, 2.75) is 0 Å². The van der Waals surface area contributed by atoms with Gasteiger partial charge in [0.25, 0.3) is 0 Å². The van der Waals surface area contributed by atoms with Gasteiger partial charge in [0.1, 0.15) is 0 Å². The Morgan fingerprint density at radius 2 is 1.29 bits per heavy atom. The maximum Gasteiger partial charge on any atom is 0.231 e. The minimum absolute atomic E-state index is 0.269. The fourth-order valence-corrected chi connectivity index (χ4v) is 2.01. The SMILES string of the molecule is c1ccc2nc3cc4c(cc3nc2c1)OCO4. The Bertz CT molecular complexity index is 678. The fraction of sp³-hybridized carbons (Fsp3) is 0.0769. The highest BCUT2D eigenvalue weighted by atomic mass is 16.7. The number of nitrogens with zero attached hydrogens (tertiary/aromatic N) is 2. The minimum atomic E-state index is 0.269. The summed E-state index contributed by atoms with van der Waals surface area (Å²) >= 11 is 0. The standard InChI is InChI=1S/C13H8N2O2/c1-2-4-9-8(3-1)14-10-5-12-13(17-7-16-12)6-11(10)15-9/h1-6H,7H2. The molecule has 1 aliphatic rings. The maximum absolute atomic E-state index is 5.33. The highest BCUT2D eigenvalue weighted by Gasteiger charge is 2.15. The molecule has 0 aliphatic carbocycles. The Labute approximate surface area is 96.8 Å². The lowest BCUT2D eigenvalue weighted by atomic mass is 10.2. The van der Waals surface area contributed by atoms with Crippen molar-refractivity contribution in [3.05, 3.63) is 36.4 Å². The van der Waals surface area contributed by atoms with Gasteiger partial charge < -0.3 is 9.47 Å². The van der Waals surface area contributed by atoms with E-state index in [0.29, 0.717) is 0 Å². The number of fused-ring (bicyclic) bond motifs is 3. The van der Waals surface area contributed by atoms with E-state index in [0.717, 1.165) is 33.6 Å². The van der Waals surface area contributed by atoms with Crippen molar-refractivity contribution < 1.29 is 9.47 Å². The first-order valence-corrected chi connectivity index (χ1v) is 5.36. The zero-order valence-corrected chi connectivity index (χ0v) is 8.88. The van der Waals surface area contributed by atoms with Crippen LogP contribution in [0.2, 0.25) is 0 Å². The summed E-state index contributed by atoms with van der Waals surface area (Å²) in [6.45, 7) is 0.269. The van der Waals surface area contributed by atoms with Gasteiger partial charge in [-0.05, 0) is 12.1 Å². The predicted octanol–water partition coefficient (Wildman–Crippen LogP) is 2.51. The number of benzene rings is 2. The molecule has 3 aromatic rings. The van der Waals surface area contributed by atoms with Crippen LogP contribution < -0.4 is 9.47 Å². The Morgan fingerprint density at radius 3 is 1.82 bits per heavy atom. The first-order chi connectivity index (χ1) is 8.40. The number of aromatic nitrogens is 2. The third-order valence-electron chi connectivity index (χ3n) is 2.83. The molecule has 2 heterocycles. The topological polar surface area (TPSA) is 44.2 Å². The van der Waals surface area contributed by atoms with E-state index in [1.807, 2.05) is 36.4 Å². The van der Waals surface area contributed by atoms with Gasteiger partial charge >= 0.3 is 0 Å². The first-order valence-electron chi connectivity index (χ1n) is 5.36. The van der Waals surface area contributed by atoms with Crippen molar-refractivity contribution in [2.75, 3.05) is 6.79 Å². The molecule has 0 spiro atoms. The molecule has 0 amide bonds. The summed E-state index contributed by atoms with van der Waals surface area (Å²) in [5.74, 6) is 1.48. The van der Waals surface area contributed by atoms with E-state index >= 15 is 0 Å². The van der Waals surface area contributed by atoms with Crippen LogP contribution in [0.1, 0.15) is 0 Å². The average molecular weight is 224 g/mol. The highest BCUT2D eigenvalue weighted by Crippen LogP contribution is 2.35. The molecule has 17 heavy (non-hydrogen) atoms. The number of para-hydroxylation sites is 2. The summed E-state index contributed by atoms with van der Waals surface area (Å²) in [4.78, 5) is 9.11. The van der Waals surface area contributed by atoms with Crippen molar-refractivity contribution in [2.24, 2.45) is 0 Å². The van der Waals surface area contributed by atoms with E-state index in [1.165, 1.54) is 0 Å². The van der Waals surface area contributed by atoms with Crippen LogP contribution in [-0.4, -0.2) is 16.8 Å². The van der Waals surface area contributed by atoms with Crippen LogP contribution in [0.3, 0.4) is 0 Å². The Balaban J connectivity index is 2.12. The largest absolute Gasteiger partial charge is 0.454 e. The zero-order valence-electron chi connectivity index (χ0n) is 8.88. The molecular weight excluding hydrogens is 216 g/mol. The van der Waals surface area contributed by atoms with Crippen LogP contribution in [0, 0.1) is 0 Å². The van der Waals surface area contributed by atoms with Crippen molar-refractivity contribution in [3.8, 4) is 11.5 Å². The van der Waals surface area contributed by atoms with Crippen molar-refractivity contribution >= 4 is 22.1 Å². The summed E-state index contributed by atoms with van der Waals surface area (Å²) in [7, 11) is 0. The molecule has 4 nitrogen and oxygen atoms in total. The lowest BCUT2D eigenvalue weighted by molar-refractivity contribution is 0.174. The van der Waals surface area contributed by atoms with Crippen LogP contribution >= 0.6 is 0 Å². The highest BCUT2D eigenvalue weighted by molar-refractivity contribution is 5.88. The average Bonchev–Trinajstić information content (AvgIpc) is 2.80. The summed E-state index contributed by atoms with van der Waals surface area (Å²) in [5, 5.41) is 0. The van der Waals surface area contributed by atoms with E-state index in [4.69, 9.17) is 9.47 Å². The van der Waals surface area contributed by atoms with Gasteiger partial charge in [-0.3, -0.25) is 0 Å². The Morgan fingerprint density at radius 1 is 0.765 bits per heavy atom. The second-order valence-corrected chi connectivity index (χ2v) is 3.91. The van der Waals surface area contributed by atoms with Crippen LogP contribution in [0.4, 0.5) is 0 Å². The number of hydrogen-bond acceptors (Lipinski definition) is 4. The van der Waals surface area contributed by atoms with E-state index in [-0.39, 0.29) is 6.79 Å². The Kier molecular flexibility index (Phi) is 1.58. The molecule has 0 saturated heterocycles. The molecule has 0 saturated carbocycles. The summed E-state index contributed by atoms with van der Waals surface area (Å²) < 4.78 is 10.7. The molecule has 0 atom stereocenters. The number of ether oxygens (including phenoxy) is 2. The van der Waals surface area contributed by atoms with E-state index in [9.17, 15) is 0 Å². The lowest BCUT2D eigenvalue weighted by Gasteiger charge is -2.02. The molecule has 4 heteroatoms. The number of rotatable bonds is 0. The van der Waals surface area contributed by atoms with E-state index in [2.05, 4.69) is 9.97 Å². The molecule has 0 N–H and O–H groups in total. The van der Waals surface area contributed by atoms with Gasteiger partial charge in [0.05, 0.1) is 22.1 Å². The van der Waals surface area contributed by atoms with Crippen molar-refractivity contribution in [3.63, 3.8) is 0 Å². The van der Waals surface area contributed by atoms with Gasteiger partial charge in [-0.2, -0.15) is 0 Å². The summed E-state index contributed by atoms with van der Waals surface area (Å²) in [6.07, 6.45) is 0. The van der Waals surface area contributed by atoms with E-state index in [1.54, 1.807) is 0 Å². The van der Waals surface area contributed by atoms with Gasteiger partial charge in [0.15, 0.2) is 11.5 Å². The van der Waals surface area contributed by atoms with Gasteiger partial charge in [0.2, 0.25) is 6.79 Å². The summed E-state index contributed by atoms with van der Waals surface area (Å²) in [6, 6.07) is 11.6. The monoisotopic (exact) mass is 224 g/mol. The molecule has 0 unspecified atom stereocenters. The predicted molar refractivity (Wildman–Crippen MR) is 63.2 cm³/mol. The molecule has 0 fully saturated rings. The normalized spacial score (nSPS) is 13.4. The van der Waals surface area contributed by atoms with Crippen LogP contribution in [0.25, 0.3) is 22.1 Å². The molecule has 1 aliphatic heterocycles. The zero-order chi connectivity index (χ0) is 11.2. The number of hydrogen-bond donors (Lipinski definition) is 0. The third kappa shape index (κ3) is 1.24. The van der Waals surface area contributed by atoms with Gasteiger partial charge in [-0.1, -0.05) is 12.1 Å². The molecule has 1 aromatic heterocycles. The molecular formula is C13H8N2O2. The Hall–Kier alpha value is -2.36. The lowest BCUT2D eigenvalue weighted by Crippen LogP contribution is -1.92. The van der Waals surface area contributed by atoms with E-state index < -0.39 is 0 Å². The van der Waals surface area contributed by atoms with Gasteiger partial charge in [-0.25, -0.2) is 9.97 Å². The molecule has 4 rings (SSSR count). The van der Waals surface area contributed by atoms with Crippen LogP contribution in [0.15, 0.2) is 36.4 Å². The molecule has 0 bridgehead atoms. The van der Waals surface area contributed by atoms with Crippen LogP contribution in [-0.2, 0) is 0 Å². The van der Waals surface area contributed by atoms with Crippen LogP contribution in [0.5, 0.6) is 11.5 Å². The van der Waals surface area contributed by atoms with Gasteiger partial charge in [-0.15, -0.1) is 0 Å². The van der Waals surface area contributed by atoms with Crippen molar-refractivity contribution in [1.82, 2.24) is 9.97 Å². The smallest absolute Gasteiger partial charge is 0.231 e. The second kappa shape index (κ2) is 3.07.